The summed E-state index contributed by atoms with van der Waals surface area (Å²) in [6, 6.07) is 0. The van der Waals surface area contributed by atoms with E-state index in [0.717, 1.165) is 38.5 Å². The standard InChI is InChI=1S/C17H27F2NO2/c18-17(19)14-16(17)9-11-20(12-10-16)15(22)8-6-4-2-1-3-5-7-13-21/h6,8,21H,1-5,7,9-14H2/b8-6+. The van der Waals surface area contributed by atoms with Crippen LogP contribution in [-0.4, -0.2) is 41.5 Å². The van der Waals surface area contributed by atoms with Gasteiger partial charge in [0.15, 0.2) is 0 Å². The number of nitrogens with zero attached hydrogens (tertiary/aromatic N) is 1. The van der Waals surface area contributed by atoms with Gasteiger partial charge in [-0.3, -0.25) is 4.79 Å². The van der Waals surface area contributed by atoms with Crippen LogP contribution in [0.15, 0.2) is 12.2 Å². The molecule has 22 heavy (non-hydrogen) atoms. The molecule has 2 rings (SSSR count). The fourth-order valence-corrected chi connectivity index (χ4v) is 3.27. The van der Waals surface area contributed by atoms with E-state index >= 15 is 0 Å². The molecule has 1 heterocycles. The summed E-state index contributed by atoms with van der Waals surface area (Å²) in [6.07, 6.45) is 10.4. The topological polar surface area (TPSA) is 40.5 Å². The van der Waals surface area contributed by atoms with Gasteiger partial charge in [-0.1, -0.05) is 25.3 Å². The fraction of sp³-hybridized carbons (Fsp3) is 0.824. The highest BCUT2D eigenvalue weighted by Gasteiger charge is 2.70. The van der Waals surface area contributed by atoms with Crippen molar-refractivity contribution in [1.82, 2.24) is 4.90 Å². The first-order chi connectivity index (χ1) is 10.5. The lowest BCUT2D eigenvalue weighted by atomic mass is 9.93. The number of halogens is 2. The summed E-state index contributed by atoms with van der Waals surface area (Å²) in [4.78, 5) is 13.7. The molecule has 0 radical (unpaired) electrons. The molecule has 1 saturated heterocycles. The van der Waals surface area contributed by atoms with Gasteiger partial charge in [-0.15, -0.1) is 0 Å². The Kier molecular flexibility index (Phi) is 5.95. The Morgan fingerprint density at radius 2 is 1.68 bits per heavy atom. The van der Waals surface area contributed by atoms with Crippen LogP contribution in [0.5, 0.6) is 0 Å². The van der Waals surface area contributed by atoms with Gasteiger partial charge in [0.25, 0.3) is 5.92 Å². The van der Waals surface area contributed by atoms with Crippen LogP contribution in [0.3, 0.4) is 0 Å². The Morgan fingerprint density at radius 3 is 2.27 bits per heavy atom. The lowest BCUT2D eigenvalue weighted by molar-refractivity contribution is -0.128. The molecule has 0 aromatic carbocycles. The molecule has 2 aliphatic rings. The molecule has 1 amide bonds. The molecule has 5 heteroatoms. The molecule has 2 fully saturated rings. The van der Waals surface area contributed by atoms with E-state index in [4.69, 9.17) is 5.11 Å². The SMILES string of the molecule is O=C(/C=C/CCCCCCCO)N1CCC2(CC1)CC2(F)F. The minimum Gasteiger partial charge on any atom is -0.396 e. The molecule has 0 atom stereocenters. The predicted molar refractivity (Wildman–Crippen MR) is 81.7 cm³/mol. The smallest absolute Gasteiger partial charge is 0.254 e. The van der Waals surface area contributed by atoms with Gasteiger partial charge in [0.05, 0.1) is 0 Å². The van der Waals surface area contributed by atoms with E-state index < -0.39 is 11.3 Å². The molecule has 1 aliphatic carbocycles. The zero-order valence-electron chi connectivity index (χ0n) is 13.2. The number of carbonyl (C=O) groups is 1. The highest BCUT2D eigenvalue weighted by atomic mass is 19.3. The Labute approximate surface area is 131 Å². The summed E-state index contributed by atoms with van der Waals surface area (Å²) >= 11 is 0. The Hall–Kier alpha value is -0.970. The minimum absolute atomic E-state index is 0.00809. The molecular weight excluding hydrogens is 288 g/mol. The van der Waals surface area contributed by atoms with Gasteiger partial charge in [0.2, 0.25) is 5.91 Å². The van der Waals surface area contributed by atoms with Gasteiger partial charge in [0, 0.05) is 31.5 Å². The van der Waals surface area contributed by atoms with E-state index in [-0.39, 0.29) is 18.9 Å². The monoisotopic (exact) mass is 315 g/mol. The zero-order chi connectivity index (χ0) is 16.1. The van der Waals surface area contributed by atoms with E-state index in [2.05, 4.69) is 0 Å². The molecule has 0 aromatic heterocycles. The first kappa shape index (κ1) is 17.4. The number of rotatable bonds is 8. The van der Waals surface area contributed by atoms with E-state index in [1.165, 1.54) is 0 Å². The number of aliphatic hydroxyl groups excluding tert-OH is 1. The average Bonchev–Trinajstić information content (AvgIpc) is 3.02. The Bertz CT molecular complexity index is 401. The van der Waals surface area contributed by atoms with Crippen molar-refractivity contribution >= 4 is 5.91 Å². The van der Waals surface area contributed by atoms with Crippen LogP contribution >= 0.6 is 0 Å². The van der Waals surface area contributed by atoms with Crippen molar-refractivity contribution < 1.29 is 18.7 Å². The molecule has 1 N–H and O–H groups in total. The number of aliphatic hydroxyl groups is 1. The van der Waals surface area contributed by atoms with Crippen molar-refractivity contribution in [1.29, 1.82) is 0 Å². The van der Waals surface area contributed by atoms with Crippen molar-refractivity contribution in [3.05, 3.63) is 12.2 Å². The first-order valence-electron chi connectivity index (χ1n) is 8.45. The molecule has 3 nitrogen and oxygen atoms in total. The van der Waals surface area contributed by atoms with Crippen LogP contribution in [0.4, 0.5) is 8.78 Å². The highest BCUT2D eigenvalue weighted by Crippen LogP contribution is 2.65. The number of allylic oxidation sites excluding steroid dienone is 1. The molecule has 0 bridgehead atoms. The third-order valence-corrected chi connectivity index (χ3v) is 5.03. The van der Waals surface area contributed by atoms with E-state index in [1.807, 2.05) is 6.08 Å². The lowest BCUT2D eigenvalue weighted by Crippen LogP contribution is -2.39. The van der Waals surface area contributed by atoms with Crippen LogP contribution < -0.4 is 0 Å². The molecular formula is C17H27F2NO2. The predicted octanol–water partition coefficient (Wildman–Crippen LogP) is 3.52. The van der Waals surface area contributed by atoms with Crippen LogP contribution in [0.2, 0.25) is 0 Å². The Balaban J connectivity index is 1.57. The van der Waals surface area contributed by atoms with Crippen molar-refractivity contribution in [2.45, 2.75) is 63.7 Å². The number of piperidine rings is 1. The van der Waals surface area contributed by atoms with Crippen LogP contribution in [0, 0.1) is 5.41 Å². The van der Waals surface area contributed by atoms with Crippen molar-refractivity contribution in [2.24, 2.45) is 5.41 Å². The summed E-state index contributed by atoms with van der Waals surface area (Å²) in [5, 5.41) is 8.66. The first-order valence-corrected chi connectivity index (χ1v) is 8.45. The second-order valence-electron chi connectivity index (χ2n) is 6.67. The van der Waals surface area contributed by atoms with Crippen molar-refractivity contribution in [3.63, 3.8) is 0 Å². The molecule has 0 aromatic rings. The zero-order valence-corrected chi connectivity index (χ0v) is 13.2. The number of likely N-dealkylation sites (tertiary alicyclic amines) is 1. The number of unbranched alkanes of at least 4 members (excludes halogenated alkanes) is 5. The van der Waals surface area contributed by atoms with E-state index in [9.17, 15) is 13.6 Å². The summed E-state index contributed by atoms with van der Waals surface area (Å²) < 4.78 is 26.5. The number of hydrogen-bond donors (Lipinski definition) is 1. The number of hydrogen-bond acceptors (Lipinski definition) is 2. The number of carbonyl (C=O) groups excluding carboxylic acids is 1. The largest absolute Gasteiger partial charge is 0.396 e. The van der Waals surface area contributed by atoms with Crippen LogP contribution in [0.1, 0.15) is 57.8 Å². The minimum atomic E-state index is -2.49. The van der Waals surface area contributed by atoms with Gasteiger partial charge in [0.1, 0.15) is 0 Å². The highest BCUT2D eigenvalue weighted by molar-refractivity contribution is 5.87. The van der Waals surface area contributed by atoms with Gasteiger partial charge in [-0.25, -0.2) is 8.78 Å². The van der Waals surface area contributed by atoms with Gasteiger partial charge in [-0.2, -0.15) is 0 Å². The third-order valence-electron chi connectivity index (χ3n) is 5.03. The summed E-state index contributed by atoms with van der Waals surface area (Å²) in [6.45, 7) is 1.18. The van der Waals surface area contributed by atoms with Gasteiger partial charge < -0.3 is 10.0 Å². The second kappa shape index (κ2) is 7.53. The fourth-order valence-electron chi connectivity index (χ4n) is 3.27. The molecule has 126 valence electrons. The van der Waals surface area contributed by atoms with Crippen molar-refractivity contribution in [2.75, 3.05) is 19.7 Å². The maximum atomic E-state index is 13.3. The maximum Gasteiger partial charge on any atom is 0.254 e. The maximum absolute atomic E-state index is 13.3. The molecule has 0 unspecified atom stereocenters. The van der Waals surface area contributed by atoms with Gasteiger partial charge in [-0.05, 0) is 38.2 Å². The van der Waals surface area contributed by atoms with Crippen LogP contribution in [-0.2, 0) is 4.79 Å². The Morgan fingerprint density at radius 1 is 1.09 bits per heavy atom. The quantitative estimate of drug-likeness (QED) is 0.550. The third kappa shape index (κ3) is 4.28. The second-order valence-corrected chi connectivity index (χ2v) is 6.67. The molecule has 1 spiro atoms. The summed E-state index contributed by atoms with van der Waals surface area (Å²) in [7, 11) is 0. The number of alkyl halides is 2. The van der Waals surface area contributed by atoms with E-state index in [0.29, 0.717) is 25.9 Å². The number of amides is 1. The van der Waals surface area contributed by atoms with Gasteiger partial charge >= 0.3 is 0 Å². The lowest BCUT2D eigenvalue weighted by Gasteiger charge is -2.31. The van der Waals surface area contributed by atoms with Crippen LogP contribution in [0.25, 0.3) is 0 Å². The average molecular weight is 315 g/mol. The normalized spacial score (nSPS) is 22.4. The summed E-state index contributed by atoms with van der Waals surface area (Å²) in [5.74, 6) is -2.53. The van der Waals surface area contributed by atoms with Crippen molar-refractivity contribution in [3.8, 4) is 0 Å². The summed E-state index contributed by atoms with van der Waals surface area (Å²) in [5.41, 5.74) is -0.790. The molecule has 1 aliphatic heterocycles. The molecule has 1 saturated carbocycles. The van der Waals surface area contributed by atoms with E-state index in [1.54, 1.807) is 11.0 Å².